The Kier molecular flexibility index (Phi) is 7.00. The topological polar surface area (TPSA) is 3.24 Å². The van der Waals surface area contributed by atoms with Gasteiger partial charge < -0.3 is 4.90 Å². The van der Waals surface area contributed by atoms with Crippen molar-refractivity contribution in [2.24, 2.45) is 0 Å². The quantitative estimate of drug-likeness (QED) is 0.174. The second-order valence-electron chi connectivity index (χ2n) is 14.4. The Labute approximate surface area is 316 Å². The summed E-state index contributed by atoms with van der Waals surface area (Å²) in [5.74, 6) is 0. The normalized spacial score (nSPS) is 12.0. The molecule has 0 amide bonds. The molecule has 0 fully saturated rings. The third-order valence-corrected chi connectivity index (χ3v) is 11.4. The predicted octanol–water partition coefficient (Wildman–Crippen LogP) is 14.5. The summed E-state index contributed by atoms with van der Waals surface area (Å²) in [5, 5.41) is 2.49. The molecular weight excluding hydrogens is 651 g/mol. The highest BCUT2D eigenvalue weighted by Crippen LogP contribution is 2.53. The van der Waals surface area contributed by atoms with Crippen LogP contribution in [0.3, 0.4) is 0 Å². The maximum atomic E-state index is 2.44. The molecule has 0 N–H and O–H groups in total. The Balaban J connectivity index is 1.06. The Morgan fingerprint density at radius 1 is 0.315 bits per heavy atom. The minimum Gasteiger partial charge on any atom is -0.310 e. The minimum atomic E-state index is 0.925. The number of fused-ring (bicyclic) bond motifs is 1. The summed E-state index contributed by atoms with van der Waals surface area (Å²) in [6.45, 7) is 0. The summed E-state index contributed by atoms with van der Waals surface area (Å²) < 4.78 is 0. The average molecular weight is 686 g/mol. The number of nitrogens with zero attached hydrogens (tertiary/aromatic N) is 1. The molecule has 3 aliphatic rings. The van der Waals surface area contributed by atoms with Crippen LogP contribution in [0, 0.1) is 0 Å². The van der Waals surface area contributed by atoms with Crippen LogP contribution in [-0.4, -0.2) is 0 Å². The fourth-order valence-corrected chi connectivity index (χ4v) is 9.05. The number of anilines is 3. The van der Waals surface area contributed by atoms with E-state index >= 15 is 0 Å². The predicted molar refractivity (Wildman–Crippen MR) is 228 cm³/mol. The smallest absolute Gasteiger partial charge is 0.0540 e. The molecule has 0 unspecified atom stereocenters. The average Bonchev–Trinajstić information content (AvgIpc) is 3.23. The van der Waals surface area contributed by atoms with E-state index < -0.39 is 0 Å². The zero-order chi connectivity index (χ0) is 35.6. The fraction of sp³-hybridized carbons (Fsp3) is 0.0189. The van der Waals surface area contributed by atoms with Gasteiger partial charge in [-0.2, -0.15) is 0 Å². The second-order valence-corrected chi connectivity index (χ2v) is 14.4. The first-order valence-electron chi connectivity index (χ1n) is 18.8. The highest BCUT2D eigenvalue weighted by molar-refractivity contribution is 6.07. The van der Waals surface area contributed by atoms with Crippen molar-refractivity contribution in [3.8, 4) is 66.8 Å². The molecule has 0 radical (unpaired) electrons. The summed E-state index contributed by atoms with van der Waals surface area (Å²) in [6.07, 6.45) is 0.925. The molecule has 252 valence electrons. The standard InChI is InChI=1S/C53H35N/c1-2-17-40(18-3-1)54(51-26-9-8-21-46(51)43-23-10-14-36-13-4-5-19-42(36)43)41-30-27-35(28-31-41)37-29-32-45-49-25-11-15-38-33-39-16-12-24-48(53(39)50(45)34-37)44-20-6-7-22-47(44)52(38)49/h1-32,34H,33H2. The molecule has 0 saturated heterocycles. The van der Waals surface area contributed by atoms with Crippen molar-refractivity contribution in [3.63, 3.8) is 0 Å². The van der Waals surface area contributed by atoms with E-state index in [9.17, 15) is 0 Å². The van der Waals surface area contributed by atoms with Gasteiger partial charge >= 0.3 is 0 Å². The van der Waals surface area contributed by atoms with E-state index in [-0.39, 0.29) is 0 Å². The van der Waals surface area contributed by atoms with E-state index in [0.717, 1.165) is 23.5 Å². The van der Waals surface area contributed by atoms with Crippen LogP contribution in [0.25, 0.3) is 77.5 Å². The van der Waals surface area contributed by atoms with Gasteiger partial charge in [0.15, 0.2) is 0 Å². The van der Waals surface area contributed by atoms with E-state index in [1.165, 1.54) is 88.7 Å². The molecule has 0 saturated carbocycles. The van der Waals surface area contributed by atoms with Crippen molar-refractivity contribution in [2.45, 2.75) is 6.42 Å². The maximum Gasteiger partial charge on any atom is 0.0540 e. The molecule has 0 spiro atoms. The highest BCUT2D eigenvalue weighted by Gasteiger charge is 2.28. The van der Waals surface area contributed by atoms with Gasteiger partial charge in [-0.1, -0.05) is 164 Å². The molecule has 9 aromatic carbocycles. The molecule has 3 aliphatic carbocycles. The molecule has 9 aromatic rings. The van der Waals surface area contributed by atoms with Gasteiger partial charge in [0.2, 0.25) is 0 Å². The van der Waals surface area contributed by atoms with Crippen molar-refractivity contribution in [3.05, 3.63) is 211 Å². The van der Waals surface area contributed by atoms with E-state index in [4.69, 9.17) is 0 Å². The van der Waals surface area contributed by atoms with Gasteiger partial charge in [-0.05, 0) is 126 Å². The lowest BCUT2D eigenvalue weighted by Crippen LogP contribution is -2.11. The van der Waals surface area contributed by atoms with Crippen molar-refractivity contribution < 1.29 is 0 Å². The second kappa shape index (κ2) is 12.3. The summed E-state index contributed by atoms with van der Waals surface area (Å²) in [4.78, 5) is 2.39. The molecule has 0 atom stereocenters. The number of rotatable bonds is 5. The monoisotopic (exact) mass is 685 g/mol. The van der Waals surface area contributed by atoms with Crippen molar-refractivity contribution in [1.29, 1.82) is 0 Å². The lowest BCUT2D eigenvalue weighted by atomic mass is 9.73. The Hall–Kier alpha value is -6.96. The van der Waals surface area contributed by atoms with E-state index in [0.29, 0.717) is 0 Å². The first-order chi connectivity index (χ1) is 26.8. The fourth-order valence-electron chi connectivity index (χ4n) is 9.05. The van der Waals surface area contributed by atoms with Crippen LogP contribution in [0.2, 0.25) is 0 Å². The molecular formula is C53H35N. The van der Waals surface area contributed by atoms with E-state index in [1.807, 2.05) is 0 Å². The summed E-state index contributed by atoms with van der Waals surface area (Å²) in [6, 6.07) is 73.7. The molecule has 1 nitrogen and oxygen atoms in total. The third kappa shape index (κ3) is 4.79. The first kappa shape index (κ1) is 30.6. The molecule has 12 rings (SSSR count). The van der Waals surface area contributed by atoms with Gasteiger partial charge in [0.05, 0.1) is 5.69 Å². The van der Waals surface area contributed by atoms with Crippen LogP contribution in [0.1, 0.15) is 11.1 Å². The number of benzene rings is 9. The first-order valence-corrected chi connectivity index (χ1v) is 18.8. The van der Waals surface area contributed by atoms with Gasteiger partial charge in [0.1, 0.15) is 0 Å². The summed E-state index contributed by atoms with van der Waals surface area (Å²) in [7, 11) is 0. The lowest BCUT2D eigenvalue weighted by molar-refractivity contribution is 1.18. The Bertz CT molecular complexity index is 2890. The number of hydrogen-bond donors (Lipinski definition) is 0. The lowest BCUT2D eigenvalue weighted by Gasteiger charge is -2.30. The zero-order valence-corrected chi connectivity index (χ0v) is 29.7. The molecule has 6 bridgehead atoms. The number of hydrogen-bond acceptors (Lipinski definition) is 1. The van der Waals surface area contributed by atoms with Crippen LogP contribution >= 0.6 is 0 Å². The largest absolute Gasteiger partial charge is 0.310 e. The molecule has 0 aromatic heterocycles. The molecule has 0 aliphatic heterocycles. The zero-order valence-electron chi connectivity index (χ0n) is 29.7. The molecule has 1 heteroatoms. The third-order valence-electron chi connectivity index (χ3n) is 11.4. The van der Waals surface area contributed by atoms with Crippen molar-refractivity contribution >= 4 is 27.8 Å². The maximum absolute atomic E-state index is 2.44. The van der Waals surface area contributed by atoms with Gasteiger partial charge in [0.25, 0.3) is 0 Å². The Morgan fingerprint density at radius 2 is 0.852 bits per heavy atom. The van der Waals surface area contributed by atoms with Crippen LogP contribution in [0.15, 0.2) is 200 Å². The van der Waals surface area contributed by atoms with Gasteiger partial charge in [-0.15, -0.1) is 0 Å². The van der Waals surface area contributed by atoms with Gasteiger partial charge in [-0.25, -0.2) is 0 Å². The van der Waals surface area contributed by atoms with Crippen LogP contribution in [0.4, 0.5) is 17.1 Å². The van der Waals surface area contributed by atoms with Crippen molar-refractivity contribution in [2.75, 3.05) is 4.90 Å². The van der Waals surface area contributed by atoms with E-state index in [2.05, 4.69) is 205 Å². The summed E-state index contributed by atoms with van der Waals surface area (Å²) in [5.41, 5.74) is 21.6. The minimum absolute atomic E-state index is 0.925. The van der Waals surface area contributed by atoms with Gasteiger partial charge in [-0.3, -0.25) is 0 Å². The number of para-hydroxylation sites is 2. The highest BCUT2D eigenvalue weighted by atomic mass is 15.1. The van der Waals surface area contributed by atoms with Gasteiger partial charge in [0, 0.05) is 16.9 Å². The molecule has 0 heterocycles. The van der Waals surface area contributed by atoms with Crippen LogP contribution in [-0.2, 0) is 6.42 Å². The summed E-state index contributed by atoms with van der Waals surface area (Å²) >= 11 is 0. The van der Waals surface area contributed by atoms with E-state index in [1.54, 1.807) is 0 Å². The van der Waals surface area contributed by atoms with Crippen molar-refractivity contribution in [1.82, 2.24) is 0 Å². The SMILES string of the molecule is c1ccc(N(c2ccc(-c3ccc4c(c3)-c3c5cccc3-c3ccccc3-c3c(cccc3-4)C5)cc2)c2ccccc2-c2cccc3ccccc23)cc1. The molecule has 54 heavy (non-hydrogen) atoms. The Morgan fingerprint density at radius 3 is 1.65 bits per heavy atom. The van der Waals surface area contributed by atoms with Crippen LogP contribution in [0.5, 0.6) is 0 Å². The van der Waals surface area contributed by atoms with Crippen LogP contribution < -0.4 is 4.90 Å².